The summed E-state index contributed by atoms with van der Waals surface area (Å²) in [5.74, 6) is -4.51. The number of nitrogens with two attached hydrogens (primary N) is 1. The molecular weight excluding hydrogens is 684 g/mol. The van der Waals surface area contributed by atoms with Crippen LogP contribution < -0.4 is 16.4 Å². The first-order chi connectivity index (χ1) is 20.1. The van der Waals surface area contributed by atoms with E-state index in [1.807, 2.05) is 5.32 Å². The molecule has 7 N–H and O–H groups in total. The third-order valence-corrected chi connectivity index (χ3v) is 8.13. The zero-order valence-corrected chi connectivity index (χ0v) is 24.5. The number of carbonyl (C=O) groups is 2. The van der Waals surface area contributed by atoms with Crippen molar-refractivity contribution in [3.05, 3.63) is 47.4 Å². The van der Waals surface area contributed by atoms with Crippen LogP contribution in [-0.4, -0.2) is 66.6 Å². The Morgan fingerprint density at radius 2 is 1.43 bits per heavy atom. The standard InChI is InChI=1S/C20H16ClF2N7O11S3/c1-7(31)16(19(32)26-9-5-12(43(36,37)38)15(24)13(6-9)44(39,40)41)30-29-10-3-2-8(4-11(10)42(33,34)35)25-18-14(21)17(22)27-20(23)28-18/h2-6,16H,24H2,1H3,(H,26,32)(H,25,27,28)(H,33,34,35)(H,36,37,38)(H,39,40,41). The lowest BCUT2D eigenvalue weighted by Gasteiger charge is -2.13. The van der Waals surface area contributed by atoms with Gasteiger partial charge in [0.1, 0.15) is 25.4 Å². The number of Topliss-reactive ketones (excluding diaryl/α,β-unsaturated/α-hetero) is 1. The fourth-order valence-electron chi connectivity index (χ4n) is 3.24. The Balaban J connectivity index is 2.00. The number of rotatable bonds is 10. The van der Waals surface area contributed by atoms with E-state index < -0.39 is 103 Å². The lowest BCUT2D eigenvalue weighted by molar-refractivity contribution is -0.126. The number of amides is 1. The smallest absolute Gasteiger partial charge is 0.313 e. The number of nitrogens with one attached hydrogen (secondary N) is 2. The van der Waals surface area contributed by atoms with Gasteiger partial charge in [0.2, 0.25) is 12.0 Å². The molecule has 1 unspecified atom stereocenters. The molecule has 0 aliphatic rings. The topological polar surface area (TPSA) is 298 Å². The summed E-state index contributed by atoms with van der Waals surface area (Å²) in [4.78, 5) is 27.5. The molecule has 0 spiro atoms. The van der Waals surface area contributed by atoms with Gasteiger partial charge in [-0.15, -0.1) is 0 Å². The highest BCUT2D eigenvalue weighted by molar-refractivity contribution is 7.87. The van der Waals surface area contributed by atoms with Gasteiger partial charge in [-0.1, -0.05) is 11.6 Å². The van der Waals surface area contributed by atoms with Crippen LogP contribution in [0.2, 0.25) is 5.02 Å². The largest absolute Gasteiger partial charge is 0.396 e. The lowest BCUT2D eigenvalue weighted by Crippen LogP contribution is -2.32. The summed E-state index contributed by atoms with van der Waals surface area (Å²) in [6, 6.07) is 1.49. The van der Waals surface area contributed by atoms with Crippen molar-refractivity contribution in [2.45, 2.75) is 27.7 Å². The third-order valence-electron chi connectivity index (χ3n) is 5.13. The predicted octanol–water partition coefficient (Wildman–Crippen LogP) is 2.15. The zero-order valence-electron chi connectivity index (χ0n) is 21.3. The van der Waals surface area contributed by atoms with Crippen molar-refractivity contribution in [3.63, 3.8) is 0 Å². The minimum atomic E-state index is -5.20. The van der Waals surface area contributed by atoms with E-state index in [1.54, 1.807) is 0 Å². The number of hydrogen-bond acceptors (Lipinski definition) is 14. The third kappa shape index (κ3) is 8.01. The average Bonchev–Trinajstić information content (AvgIpc) is 2.86. The van der Waals surface area contributed by atoms with Gasteiger partial charge in [-0.2, -0.15) is 54.2 Å². The molecule has 0 saturated carbocycles. The quantitative estimate of drug-likeness (QED) is 0.0441. The highest BCUT2D eigenvalue weighted by Crippen LogP contribution is 2.33. The van der Waals surface area contributed by atoms with Crippen molar-refractivity contribution < 1.29 is 57.3 Å². The molecule has 1 amide bonds. The van der Waals surface area contributed by atoms with Gasteiger partial charge < -0.3 is 16.4 Å². The number of aromatic nitrogens is 2. The maximum Gasteiger partial charge on any atom is 0.313 e. The van der Waals surface area contributed by atoms with Gasteiger partial charge in [0.15, 0.2) is 11.6 Å². The van der Waals surface area contributed by atoms with E-state index >= 15 is 0 Å². The van der Waals surface area contributed by atoms with Crippen LogP contribution in [0, 0.1) is 12.0 Å². The molecule has 1 atom stereocenters. The number of nitrogen functional groups attached to an aromatic ring is 1. The Labute approximate surface area is 250 Å². The molecule has 44 heavy (non-hydrogen) atoms. The number of halogens is 3. The predicted molar refractivity (Wildman–Crippen MR) is 145 cm³/mol. The van der Waals surface area contributed by atoms with Crippen LogP contribution in [0.15, 0.2) is 55.2 Å². The second-order valence-corrected chi connectivity index (χ2v) is 12.8. The summed E-state index contributed by atoms with van der Waals surface area (Å²) in [5, 5.41) is 10.4. The van der Waals surface area contributed by atoms with E-state index in [2.05, 4.69) is 25.5 Å². The van der Waals surface area contributed by atoms with Crippen molar-refractivity contribution in [2.75, 3.05) is 16.4 Å². The molecule has 0 aliphatic heterocycles. The van der Waals surface area contributed by atoms with Crippen molar-refractivity contribution >= 4 is 82.2 Å². The van der Waals surface area contributed by atoms with Crippen molar-refractivity contribution in [1.82, 2.24) is 9.97 Å². The number of anilines is 4. The SMILES string of the molecule is CC(=O)C(N=Nc1ccc(Nc2nc(F)nc(F)c2Cl)cc1S(=O)(=O)O)C(=O)Nc1cc(S(=O)(=O)O)c(N)c(S(=O)(=O)O)c1. The van der Waals surface area contributed by atoms with Crippen LogP contribution in [0.5, 0.6) is 0 Å². The fourth-order valence-corrected chi connectivity index (χ4v) is 5.42. The van der Waals surface area contributed by atoms with E-state index in [9.17, 15) is 57.3 Å². The summed E-state index contributed by atoms with van der Waals surface area (Å²) in [5.41, 5.74) is 2.67. The molecule has 1 aromatic heterocycles. The minimum Gasteiger partial charge on any atom is -0.396 e. The molecule has 2 aromatic carbocycles. The van der Waals surface area contributed by atoms with Crippen LogP contribution in [0.25, 0.3) is 0 Å². The van der Waals surface area contributed by atoms with Gasteiger partial charge in [0.25, 0.3) is 36.3 Å². The Morgan fingerprint density at radius 1 is 0.909 bits per heavy atom. The monoisotopic (exact) mass is 699 g/mol. The Kier molecular flexibility index (Phi) is 9.64. The Hall–Kier alpha value is -4.26. The minimum absolute atomic E-state index is 0.260. The molecule has 0 aliphatic carbocycles. The van der Waals surface area contributed by atoms with E-state index in [4.69, 9.17) is 17.3 Å². The first-order valence-corrected chi connectivity index (χ1v) is 15.7. The normalized spacial score (nSPS) is 13.1. The summed E-state index contributed by atoms with van der Waals surface area (Å²) in [7, 11) is -15.5. The number of benzene rings is 2. The number of azo groups is 1. The molecule has 24 heteroatoms. The first-order valence-electron chi connectivity index (χ1n) is 11.0. The maximum absolute atomic E-state index is 13.6. The van der Waals surface area contributed by atoms with E-state index in [0.29, 0.717) is 18.2 Å². The molecule has 3 aromatic rings. The summed E-state index contributed by atoms with van der Waals surface area (Å²) < 4.78 is 126. The van der Waals surface area contributed by atoms with Crippen LogP contribution >= 0.6 is 11.6 Å². The summed E-state index contributed by atoms with van der Waals surface area (Å²) >= 11 is 5.66. The molecule has 0 saturated heterocycles. The second kappa shape index (κ2) is 12.4. The highest BCUT2D eigenvalue weighted by Gasteiger charge is 2.28. The first kappa shape index (κ1) is 34.2. The fraction of sp³-hybridized carbons (Fsp3) is 0.100. The van der Waals surface area contributed by atoms with E-state index in [-0.39, 0.29) is 5.69 Å². The molecule has 1 heterocycles. The molecular formula is C20H16ClF2N7O11S3. The number of hydrogen-bond donors (Lipinski definition) is 6. The zero-order chi connectivity index (χ0) is 33.4. The second-order valence-electron chi connectivity index (χ2n) is 8.28. The van der Waals surface area contributed by atoms with Crippen molar-refractivity contribution in [3.8, 4) is 0 Å². The van der Waals surface area contributed by atoms with Crippen molar-refractivity contribution in [2.24, 2.45) is 10.2 Å². The van der Waals surface area contributed by atoms with Crippen LogP contribution in [0.3, 0.4) is 0 Å². The van der Waals surface area contributed by atoms with Crippen LogP contribution in [-0.2, 0) is 39.9 Å². The van der Waals surface area contributed by atoms with E-state index in [0.717, 1.165) is 19.1 Å². The molecule has 0 bridgehead atoms. The van der Waals surface area contributed by atoms with Gasteiger partial charge >= 0.3 is 6.08 Å². The number of nitrogens with zero attached hydrogens (tertiary/aromatic N) is 4. The summed E-state index contributed by atoms with van der Waals surface area (Å²) in [6.45, 7) is 0.833. The highest BCUT2D eigenvalue weighted by atomic mass is 35.5. The maximum atomic E-state index is 13.6. The summed E-state index contributed by atoms with van der Waals surface area (Å²) in [6.07, 6.45) is -1.52. The Morgan fingerprint density at radius 3 is 1.93 bits per heavy atom. The van der Waals surface area contributed by atoms with Gasteiger partial charge in [-0.3, -0.25) is 23.2 Å². The van der Waals surface area contributed by atoms with Crippen LogP contribution in [0.4, 0.5) is 37.3 Å². The molecule has 0 fully saturated rings. The molecule has 236 valence electrons. The van der Waals surface area contributed by atoms with Crippen LogP contribution in [0.1, 0.15) is 6.92 Å². The Bertz CT molecular complexity index is 2010. The average molecular weight is 700 g/mol. The molecule has 18 nitrogen and oxygen atoms in total. The van der Waals surface area contributed by atoms with Gasteiger partial charge in [-0.05, 0) is 37.3 Å². The number of carbonyl (C=O) groups excluding carboxylic acids is 2. The molecule has 3 rings (SSSR count). The molecule has 0 radical (unpaired) electrons. The number of ketones is 1. The van der Waals surface area contributed by atoms with Crippen molar-refractivity contribution in [1.29, 1.82) is 0 Å². The van der Waals surface area contributed by atoms with Gasteiger partial charge in [0.05, 0.1) is 5.69 Å². The van der Waals surface area contributed by atoms with Gasteiger partial charge in [0, 0.05) is 11.4 Å². The van der Waals surface area contributed by atoms with Gasteiger partial charge in [-0.25, -0.2) is 0 Å². The van der Waals surface area contributed by atoms with E-state index in [1.165, 1.54) is 0 Å². The lowest BCUT2D eigenvalue weighted by atomic mass is 10.2.